The second-order valence-corrected chi connectivity index (χ2v) is 5.13. The van der Waals surface area contributed by atoms with Gasteiger partial charge in [-0.25, -0.2) is 0 Å². The van der Waals surface area contributed by atoms with Crippen molar-refractivity contribution in [2.24, 2.45) is 5.92 Å². The number of carbonyl (C=O) groups excluding carboxylic acids is 1. The van der Waals surface area contributed by atoms with Crippen molar-refractivity contribution in [1.82, 2.24) is 5.32 Å². The minimum absolute atomic E-state index is 0.0364. The van der Waals surface area contributed by atoms with E-state index in [4.69, 9.17) is 0 Å². The molecule has 2 N–H and O–H groups in total. The van der Waals surface area contributed by atoms with E-state index >= 15 is 0 Å². The Morgan fingerprint density at radius 3 is 2.47 bits per heavy atom. The molecule has 0 heterocycles. The Hall–Kier alpha value is -1.35. The van der Waals surface area contributed by atoms with Crippen LogP contribution in [0.4, 0.5) is 0 Å². The largest absolute Gasteiger partial charge is 0.387 e. The Morgan fingerprint density at radius 2 is 1.89 bits per heavy atom. The van der Waals surface area contributed by atoms with Crippen molar-refractivity contribution in [3.8, 4) is 0 Å². The Morgan fingerprint density at radius 1 is 1.26 bits per heavy atom. The molecule has 0 bridgehead atoms. The van der Waals surface area contributed by atoms with Crippen molar-refractivity contribution in [3.63, 3.8) is 0 Å². The van der Waals surface area contributed by atoms with Gasteiger partial charge in [-0.05, 0) is 37.8 Å². The first kappa shape index (κ1) is 15.7. The van der Waals surface area contributed by atoms with Gasteiger partial charge in [0.15, 0.2) is 0 Å². The van der Waals surface area contributed by atoms with Gasteiger partial charge in [0.2, 0.25) is 5.91 Å². The van der Waals surface area contributed by atoms with Crippen LogP contribution in [0, 0.1) is 19.8 Å². The van der Waals surface area contributed by atoms with Gasteiger partial charge in [0.25, 0.3) is 0 Å². The number of benzene rings is 1. The van der Waals surface area contributed by atoms with Gasteiger partial charge in [-0.15, -0.1) is 0 Å². The van der Waals surface area contributed by atoms with Crippen molar-refractivity contribution >= 4 is 5.91 Å². The van der Waals surface area contributed by atoms with Gasteiger partial charge in [-0.3, -0.25) is 4.79 Å². The summed E-state index contributed by atoms with van der Waals surface area (Å²) in [6, 6.07) is 5.99. The van der Waals surface area contributed by atoms with E-state index in [1.54, 1.807) is 0 Å². The molecule has 1 aromatic rings. The van der Waals surface area contributed by atoms with E-state index in [0.717, 1.165) is 29.5 Å². The normalized spacial score (nSPS) is 12.5. The molecule has 106 valence electrons. The first-order valence-electron chi connectivity index (χ1n) is 7.02. The van der Waals surface area contributed by atoms with Gasteiger partial charge >= 0.3 is 0 Å². The Balaban J connectivity index is 2.62. The van der Waals surface area contributed by atoms with Gasteiger partial charge in [-0.1, -0.05) is 37.6 Å². The van der Waals surface area contributed by atoms with Crippen LogP contribution in [0.15, 0.2) is 18.2 Å². The van der Waals surface area contributed by atoms with Gasteiger partial charge in [0, 0.05) is 12.5 Å². The number of amides is 1. The summed E-state index contributed by atoms with van der Waals surface area (Å²) in [5.74, 6) is 0.0835. The molecule has 0 saturated carbocycles. The smallest absolute Gasteiger partial charge is 0.223 e. The van der Waals surface area contributed by atoms with Crippen molar-refractivity contribution in [2.45, 2.75) is 46.6 Å². The molecule has 1 unspecified atom stereocenters. The van der Waals surface area contributed by atoms with E-state index in [1.807, 2.05) is 45.9 Å². The Bertz CT molecular complexity index is 425. The van der Waals surface area contributed by atoms with Crippen molar-refractivity contribution < 1.29 is 9.90 Å². The average Bonchev–Trinajstić information content (AvgIpc) is 2.40. The third kappa shape index (κ3) is 4.35. The molecule has 0 saturated heterocycles. The zero-order valence-electron chi connectivity index (χ0n) is 12.4. The molecule has 0 radical (unpaired) electrons. The van der Waals surface area contributed by atoms with Crippen LogP contribution in [0.3, 0.4) is 0 Å². The lowest BCUT2D eigenvalue weighted by molar-refractivity contribution is -0.125. The highest BCUT2D eigenvalue weighted by Crippen LogP contribution is 2.19. The fourth-order valence-electron chi connectivity index (χ4n) is 2.23. The molecule has 1 rings (SSSR count). The third-order valence-electron chi connectivity index (χ3n) is 3.62. The molecule has 0 fully saturated rings. The zero-order chi connectivity index (χ0) is 14.4. The summed E-state index contributed by atoms with van der Waals surface area (Å²) >= 11 is 0. The Kier molecular flexibility index (Phi) is 6.03. The van der Waals surface area contributed by atoms with Gasteiger partial charge in [0.05, 0.1) is 6.10 Å². The number of nitrogens with one attached hydrogen (secondary N) is 1. The maximum atomic E-state index is 11.9. The van der Waals surface area contributed by atoms with Crippen LogP contribution in [0.25, 0.3) is 0 Å². The second kappa shape index (κ2) is 7.29. The molecule has 3 nitrogen and oxygen atoms in total. The summed E-state index contributed by atoms with van der Waals surface area (Å²) in [6.45, 7) is 8.27. The van der Waals surface area contributed by atoms with E-state index in [0.29, 0.717) is 0 Å². The highest BCUT2D eigenvalue weighted by atomic mass is 16.3. The topological polar surface area (TPSA) is 49.3 Å². The molecule has 1 aromatic carbocycles. The van der Waals surface area contributed by atoms with Crippen LogP contribution < -0.4 is 5.32 Å². The molecule has 0 aliphatic rings. The SMILES string of the molecule is CCC(CC)C(=O)NCC(O)c1cc(C)ccc1C. The van der Waals surface area contributed by atoms with E-state index < -0.39 is 6.10 Å². The van der Waals surface area contributed by atoms with E-state index in [1.165, 1.54) is 0 Å². The Labute approximate surface area is 116 Å². The van der Waals surface area contributed by atoms with Gasteiger partial charge in [-0.2, -0.15) is 0 Å². The van der Waals surface area contributed by atoms with Crippen molar-refractivity contribution in [1.29, 1.82) is 0 Å². The van der Waals surface area contributed by atoms with Crippen LogP contribution in [0.2, 0.25) is 0 Å². The monoisotopic (exact) mass is 263 g/mol. The highest BCUT2D eigenvalue weighted by Gasteiger charge is 2.16. The summed E-state index contributed by atoms with van der Waals surface area (Å²) < 4.78 is 0. The number of aliphatic hydroxyl groups excluding tert-OH is 1. The summed E-state index contributed by atoms with van der Waals surface area (Å²) in [7, 11) is 0. The lowest BCUT2D eigenvalue weighted by Gasteiger charge is -2.18. The minimum Gasteiger partial charge on any atom is -0.387 e. The quantitative estimate of drug-likeness (QED) is 0.829. The van der Waals surface area contributed by atoms with Crippen LogP contribution in [-0.2, 0) is 4.79 Å². The number of aryl methyl sites for hydroxylation is 2. The van der Waals surface area contributed by atoms with E-state index in [9.17, 15) is 9.90 Å². The summed E-state index contributed by atoms with van der Waals surface area (Å²) in [5.41, 5.74) is 3.06. The lowest BCUT2D eigenvalue weighted by atomic mass is 10.00. The van der Waals surface area contributed by atoms with Crippen molar-refractivity contribution in [2.75, 3.05) is 6.54 Å². The molecule has 3 heteroatoms. The molecule has 19 heavy (non-hydrogen) atoms. The number of hydrogen-bond donors (Lipinski definition) is 2. The number of carbonyl (C=O) groups is 1. The first-order chi connectivity index (χ1) is 8.99. The average molecular weight is 263 g/mol. The predicted octanol–water partition coefficient (Wildman–Crippen LogP) is 2.89. The summed E-state index contributed by atoms with van der Waals surface area (Å²) in [5, 5.41) is 13.0. The number of aliphatic hydroxyl groups is 1. The molecule has 1 atom stereocenters. The molecule has 0 aliphatic heterocycles. The maximum absolute atomic E-state index is 11.9. The maximum Gasteiger partial charge on any atom is 0.223 e. The number of hydrogen-bond acceptors (Lipinski definition) is 2. The number of rotatable bonds is 6. The van der Waals surface area contributed by atoms with E-state index in [-0.39, 0.29) is 18.4 Å². The fraction of sp³-hybridized carbons (Fsp3) is 0.562. The van der Waals surface area contributed by atoms with Crippen molar-refractivity contribution in [3.05, 3.63) is 34.9 Å². The van der Waals surface area contributed by atoms with Gasteiger partial charge < -0.3 is 10.4 Å². The zero-order valence-corrected chi connectivity index (χ0v) is 12.4. The van der Waals surface area contributed by atoms with E-state index in [2.05, 4.69) is 5.32 Å². The highest BCUT2D eigenvalue weighted by molar-refractivity contribution is 5.78. The standard InChI is InChI=1S/C16H25NO2/c1-5-13(6-2)16(19)17-10-15(18)14-9-11(3)7-8-12(14)4/h7-9,13,15,18H,5-6,10H2,1-4H3,(H,17,19). The minimum atomic E-state index is -0.641. The second-order valence-electron chi connectivity index (χ2n) is 5.13. The molecular formula is C16H25NO2. The molecule has 1 amide bonds. The third-order valence-corrected chi connectivity index (χ3v) is 3.62. The molecule has 0 aliphatic carbocycles. The lowest BCUT2D eigenvalue weighted by Crippen LogP contribution is -2.33. The fourth-order valence-corrected chi connectivity index (χ4v) is 2.23. The molecule has 0 aromatic heterocycles. The van der Waals surface area contributed by atoms with Crippen LogP contribution >= 0.6 is 0 Å². The van der Waals surface area contributed by atoms with Crippen LogP contribution in [-0.4, -0.2) is 17.6 Å². The van der Waals surface area contributed by atoms with Crippen LogP contribution in [0.1, 0.15) is 49.5 Å². The predicted molar refractivity (Wildman–Crippen MR) is 78.0 cm³/mol. The molecular weight excluding hydrogens is 238 g/mol. The van der Waals surface area contributed by atoms with Crippen LogP contribution in [0.5, 0.6) is 0 Å². The van der Waals surface area contributed by atoms with Gasteiger partial charge in [0.1, 0.15) is 0 Å². The summed E-state index contributed by atoms with van der Waals surface area (Å²) in [4.78, 5) is 11.9. The molecule has 0 spiro atoms. The first-order valence-corrected chi connectivity index (χ1v) is 7.02. The summed E-state index contributed by atoms with van der Waals surface area (Å²) in [6.07, 6.45) is 1.03.